The molecule has 0 aromatic rings. The molecule has 0 bridgehead atoms. The van der Waals surface area contributed by atoms with Crippen molar-refractivity contribution in [1.29, 1.82) is 0 Å². The molecule has 0 aliphatic carbocycles. The third kappa shape index (κ3) is 5.40. The highest BCUT2D eigenvalue weighted by molar-refractivity contribution is 8.76. The van der Waals surface area contributed by atoms with Crippen LogP contribution in [0.5, 0.6) is 0 Å². The first-order valence-corrected chi connectivity index (χ1v) is 9.09. The van der Waals surface area contributed by atoms with Gasteiger partial charge in [0.2, 0.25) is 5.91 Å². The van der Waals surface area contributed by atoms with Crippen LogP contribution in [-0.2, 0) is 14.4 Å². The first-order chi connectivity index (χ1) is 9.84. The smallest absolute Gasteiger partial charge is 0.326 e. The first-order valence-electron chi connectivity index (χ1n) is 6.60. The summed E-state index contributed by atoms with van der Waals surface area (Å²) in [5.74, 6) is -1.70. The molecular formula is C12H20N2O5S2. The lowest BCUT2D eigenvalue weighted by molar-refractivity contribution is -0.149. The van der Waals surface area contributed by atoms with Crippen molar-refractivity contribution in [2.75, 3.05) is 18.1 Å². The van der Waals surface area contributed by atoms with Gasteiger partial charge in [-0.25, -0.2) is 4.79 Å². The van der Waals surface area contributed by atoms with Gasteiger partial charge in [0, 0.05) is 24.0 Å². The number of likely N-dealkylation sites (tertiary alicyclic amines) is 1. The van der Waals surface area contributed by atoms with Gasteiger partial charge in [0.05, 0.1) is 0 Å². The molecule has 1 unspecified atom stereocenters. The summed E-state index contributed by atoms with van der Waals surface area (Å²) in [4.78, 5) is 35.3. The Morgan fingerprint density at radius 1 is 1.29 bits per heavy atom. The molecule has 3 atom stereocenters. The number of carbonyl (C=O) groups is 3. The highest BCUT2D eigenvalue weighted by atomic mass is 33.1. The fourth-order valence-corrected chi connectivity index (χ4v) is 4.44. The zero-order valence-electron chi connectivity index (χ0n) is 11.7. The fraction of sp³-hybridized carbons (Fsp3) is 0.750. The molecule has 4 N–H and O–H groups in total. The van der Waals surface area contributed by atoms with E-state index in [4.69, 9.17) is 15.9 Å². The molecule has 1 heterocycles. The first kappa shape index (κ1) is 18.1. The van der Waals surface area contributed by atoms with Crippen molar-refractivity contribution in [2.45, 2.75) is 31.8 Å². The molecule has 9 heteroatoms. The molecule has 0 radical (unpaired) electrons. The maximum atomic E-state index is 12.2. The second-order valence-electron chi connectivity index (χ2n) is 4.94. The summed E-state index contributed by atoms with van der Waals surface area (Å²) in [7, 11) is 2.69. The van der Waals surface area contributed by atoms with Crippen LogP contribution in [0.3, 0.4) is 0 Å². The van der Waals surface area contributed by atoms with Gasteiger partial charge in [-0.1, -0.05) is 28.5 Å². The normalized spacial score (nSPS) is 21.0. The third-order valence-corrected chi connectivity index (χ3v) is 5.82. The summed E-state index contributed by atoms with van der Waals surface area (Å²) < 4.78 is 0. The molecule has 1 aliphatic heterocycles. The van der Waals surface area contributed by atoms with E-state index in [0.29, 0.717) is 25.1 Å². The summed E-state index contributed by atoms with van der Waals surface area (Å²) in [6, 6.07) is -1.62. The van der Waals surface area contributed by atoms with E-state index in [-0.39, 0.29) is 17.6 Å². The van der Waals surface area contributed by atoms with Crippen molar-refractivity contribution in [3.8, 4) is 0 Å². The number of nitrogens with two attached hydrogens (primary N) is 1. The van der Waals surface area contributed by atoms with E-state index < -0.39 is 24.0 Å². The van der Waals surface area contributed by atoms with Crippen LogP contribution in [0.25, 0.3) is 0 Å². The van der Waals surface area contributed by atoms with Crippen LogP contribution in [0, 0.1) is 5.92 Å². The maximum Gasteiger partial charge on any atom is 0.326 e. The standard InChI is InChI=1S/C12H20N2O5S2/c1-7(5-20-21-6-8(13)11(16)17)10(15)14-4-2-3-9(14)12(18)19/h7-9H,2-6,13H2,1H3,(H,16,17)(H,18,19)/t7-,8+,9?/m1/s1. The van der Waals surface area contributed by atoms with E-state index >= 15 is 0 Å². The number of amides is 1. The molecule has 0 aromatic carbocycles. The monoisotopic (exact) mass is 336 g/mol. The molecule has 120 valence electrons. The lowest BCUT2D eigenvalue weighted by atomic mass is 10.1. The van der Waals surface area contributed by atoms with Crippen molar-refractivity contribution in [3.05, 3.63) is 0 Å². The number of carboxylic acids is 2. The molecule has 1 aliphatic rings. The van der Waals surface area contributed by atoms with Crippen LogP contribution in [0.1, 0.15) is 19.8 Å². The van der Waals surface area contributed by atoms with Gasteiger partial charge in [-0.2, -0.15) is 0 Å². The lowest BCUT2D eigenvalue weighted by Gasteiger charge is -2.24. The van der Waals surface area contributed by atoms with Crippen LogP contribution < -0.4 is 5.73 Å². The SMILES string of the molecule is C[C@H](CSSC[C@H](N)C(=O)O)C(=O)N1CCCC1C(=O)O. The quantitative estimate of drug-likeness (QED) is 0.432. The third-order valence-electron chi connectivity index (χ3n) is 3.21. The molecule has 21 heavy (non-hydrogen) atoms. The Bertz CT molecular complexity index is 407. The Labute approximate surface area is 131 Å². The van der Waals surface area contributed by atoms with Gasteiger partial charge in [-0.05, 0) is 12.8 Å². The van der Waals surface area contributed by atoms with Crippen molar-refractivity contribution >= 4 is 39.4 Å². The number of hydrogen-bond acceptors (Lipinski definition) is 6. The van der Waals surface area contributed by atoms with Gasteiger partial charge in [0.25, 0.3) is 0 Å². The Balaban J connectivity index is 2.34. The molecule has 0 saturated carbocycles. The molecule has 0 spiro atoms. The van der Waals surface area contributed by atoms with Crippen LogP contribution in [0.15, 0.2) is 0 Å². The Morgan fingerprint density at radius 3 is 2.48 bits per heavy atom. The topological polar surface area (TPSA) is 121 Å². The molecule has 0 aromatic heterocycles. The van der Waals surface area contributed by atoms with Crippen LogP contribution in [0.4, 0.5) is 0 Å². The number of hydrogen-bond donors (Lipinski definition) is 3. The van der Waals surface area contributed by atoms with E-state index in [1.807, 2.05) is 0 Å². The number of carboxylic acid groups (broad SMARTS) is 2. The summed E-state index contributed by atoms with van der Waals surface area (Å²) in [5.41, 5.74) is 5.37. The Hall–Kier alpha value is -0.930. The lowest BCUT2D eigenvalue weighted by Crippen LogP contribution is -2.43. The maximum absolute atomic E-state index is 12.2. The minimum absolute atomic E-state index is 0.157. The molecular weight excluding hydrogens is 316 g/mol. The van der Waals surface area contributed by atoms with Gasteiger partial charge in [0.15, 0.2) is 0 Å². The average molecular weight is 336 g/mol. The zero-order valence-corrected chi connectivity index (χ0v) is 13.4. The van der Waals surface area contributed by atoms with Gasteiger partial charge in [-0.3, -0.25) is 9.59 Å². The summed E-state index contributed by atoms with van der Waals surface area (Å²) in [6.45, 7) is 2.24. The predicted octanol–water partition coefficient (Wildman–Crippen LogP) is 0.491. The number of rotatable bonds is 8. The highest BCUT2D eigenvalue weighted by Gasteiger charge is 2.35. The largest absolute Gasteiger partial charge is 0.480 e. The van der Waals surface area contributed by atoms with Crippen molar-refractivity contribution in [2.24, 2.45) is 11.7 Å². The minimum Gasteiger partial charge on any atom is -0.480 e. The molecule has 1 rings (SSSR count). The Kier molecular flexibility index (Phi) is 7.33. The zero-order chi connectivity index (χ0) is 16.0. The van der Waals surface area contributed by atoms with E-state index in [0.717, 1.165) is 0 Å². The van der Waals surface area contributed by atoms with Gasteiger partial charge >= 0.3 is 11.9 Å². The van der Waals surface area contributed by atoms with E-state index in [9.17, 15) is 14.4 Å². The molecule has 1 amide bonds. The molecule has 7 nitrogen and oxygen atoms in total. The summed E-state index contributed by atoms with van der Waals surface area (Å²) in [5, 5.41) is 17.7. The van der Waals surface area contributed by atoms with E-state index in [1.165, 1.54) is 26.5 Å². The van der Waals surface area contributed by atoms with Crippen molar-refractivity contribution < 1.29 is 24.6 Å². The second-order valence-corrected chi connectivity index (χ2v) is 7.49. The van der Waals surface area contributed by atoms with Gasteiger partial charge < -0.3 is 20.8 Å². The average Bonchev–Trinajstić information content (AvgIpc) is 2.91. The predicted molar refractivity (Wildman–Crippen MR) is 82.1 cm³/mol. The minimum atomic E-state index is -1.05. The van der Waals surface area contributed by atoms with Gasteiger partial charge in [0.1, 0.15) is 12.1 Å². The van der Waals surface area contributed by atoms with Crippen molar-refractivity contribution in [3.63, 3.8) is 0 Å². The van der Waals surface area contributed by atoms with Crippen LogP contribution >= 0.6 is 21.6 Å². The van der Waals surface area contributed by atoms with E-state index in [1.54, 1.807) is 6.92 Å². The number of carbonyl (C=O) groups excluding carboxylic acids is 1. The second kappa shape index (κ2) is 8.50. The van der Waals surface area contributed by atoms with E-state index in [2.05, 4.69) is 0 Å². The summed E-state index contributed by atoms with van der Waals surface area (Å²) in [6.07, 6.45) is 1.22. The molecule has 1 saturated heterocycles. The fourth-order valence-electron chi connectivity index (χ4n) is 1.98. The van der Waals surface area contributed by atoms with Gasteiger partial charge in [-0.15, -0.1) is 0 Å². The summed E-state index contributed by atoms with van der Waals surface area (Å²) >= 11 is 0. The van der Waals surface area contributed by atoms with Crippen LogP contribution in [-0.4, -0.2) is 63.1 Å². The van der Waals surface area contributed by atoms with Crippen molar-refractivity contribution in [1.82, 2.24) is 4.90 Å². The number of aliphatic carboxylic acids is 2. The highest BCUT2D eigenvalue weighted by Crippen LogP contribution is 2.27. The Morgan fingerprint density at radius 2 is 1.90 bits per heavy atom. The van der Waals surface area contributed by atoms with Crippen LogP contribution in [0.2, 0.25) is 0 Å². The molecule has 1 fully saturated rings. The number of nitrogens with zero attached hydrogens (tertiary/aromatic N) is 1.